The molecule has 2 rings (SSSR count). The molecule has 1 N–H and O–H groups in total. The fraction of sp³-hybridized carbons (Fsp3) is 0.882. The number of carbonyl (C=O) groups excluding carboxylic acids is 2. The second-order valence-electron chi connectivity index (χ2n) is 7.05. The second kappa shape index (κ2) is 9.24. The van der Waals surface area contributed by atoms with Gasteiger partial charge in [0, 0.05) is 16.7 Å². The number of ether oxygens (including phenoxy) is 1. The number of carbonyl (C=O) groups is 2. The van der Waals surface area contributed by atoms with E-state index in [0.29, 0.717) is 17.7 Å². The molecule has 4 atom stereocenters. The van der Waals surface area contributed by atoms with E-state index in [0.717, 1.165) is 32.1 Å². The Labute approximate surface area is 154 Å². The third-order valence-corrected chi connectivity index (χ3v) is 6.01. The molecular formula is C17H25BrF3NO3. The molecule has 0 spiro atoms. The van der Waals surface area contributed by atoms with Gasteiger partial charge < -0.3 is 10.1 Å². The molecule has 0 aromatic carbocycles. The van der Waals surface area contributed by atoms with Gasteiger partial charge in [-0.2, -0.15) is 13.2 Å². The van der Waals surface area contributed by atoms with Crippen LogP contribution in [-0.4, -0.2) is 36.0 Å². The van der Waals surface area contributed by atoms with Crippen molar-refractivity contribution in [1.29, 1.82) is 0 Å². The number of hydrogen-bond donors (Lipinski definition) is 1. The lowest BCUT2D eigenvalue weighted by Gasteiger charge is -2.32. The molecule has 8 heteroatoms. The van der Waals surface area contributed by atoms with E-state index >= 15 is 0 Å². The van der Waals surface area contributed by atoms with E-state index in [9.17, 15) is 22.8 Å². The van der Waals surface area contributed by atoms with Crippen molar-refractivity contribution >= 4 is 27.8 Å². The van der Waals surface area contributed by atoms with E-state index in [1.807, 2.05) is 0 Å². The molecule has 4 unspecified atom stereocenters. The van der Waals surface area contributed by atoms with Crippen LogP contribution < -0.4 is 5.32 Å². The van der Waals surface area contributed by atoms with E-state index in [1.165, 1.54) is 0 Å². The summed E-state index contributed by atoms with van der Waals surface area (Å²) in [7, 11) is 0. The van der Waals surface area contributed by atoms with Crippen molar-refractivity contribution in [3.8, 4) is 0 Å². The van der Waals surface area contributed by atoms with Crippen molar-refractivity contribution in [2.45, 2.75) is 62.4 Å². The SMILES string of the molecule is O=C(CNC(=O)C1CCCC(Br)C1)OCC1CCCCC1C(F)(F)F. The fourth-order valence-corrected chi connectivity index (χ4v) is 4.54. The highest BCUT2D eigenvalue weighted by Gasteiger charge is 2.45. The van der Waals surface area contributed by atoms with Gasteiger partial charge in [0.25, 0.3) is 0 Å². The smallest absolute Gasteiger partial charge is 0.392 e. The van der Waals surface area contributed by atoms with E-state index in [2.05, 4.69) is 21.2 Å². The number of hydrogen-bond acceptors (Lipinski definition) is 3. The van der Waals surface area contributed by atoms with Crippen molar-refractivity contribution < 1.29 is 27.5 Å². The van der Waals surface area contributed by atoms with Gasteiger partial charge in [0.15, 0.2) is 0 Å². The highest BCUT2D eigenvalue weighted by atomic mass is 79.9. The molecule has 0 aromatic heterocycles. The molecule has 2 aliphatic carbocycles. The first-order valence-corrected chi connectivity index (χ1v) is 9.83. The minimum absolute atomic E-state index is 0.0951. The van der Waals surface area contributed by atoms with Gasteiger partial charge in [-0.15, -0.1) is 0 Å². The van der Waals surface area contributed by atoms with Crippen molar-refractivity contribution in [3.63, 3.8) is 0 Å². The number of esters is 1. The summed E-state index contributed by atoms with van der Waals surface area (Å²) in [6.07, 6.45) is 1.05. The molecule has 0 aromatic rings. The maximum atomic E-state index is 13.0. The summed E-state index contributed by atoms with van der Waals surface area (Å²) in [5, 5.41) is 2.55. The number of nitrogens with one attached hydrogen (secondary N) is 1. The number of amides is 1. The van der Waals surface area contributed by atoms with E-state index in [-0.39, 0.29) is 31.4 Å². The Bertz CT molecular complexity index is 473. The largest absolute Gasteiger partial charge is 0.464 e. The van der Waals surface area contributed by atoms with Gasteiger partial charge in [0.2, 0.25) is 5.91 Å². The van der Waals surface area contributed by atoms with Gasteiger partial charge >= 0.3 is 12.1 Å². The van der Waals surface area contributed by atoms with Gasteiger partial charge in [-0.1, -0.05) is 35.2 Å². The summed E-state index contributed by atoms with van der Waals surface area (Å²) in [6, 6.07) is 0. The normalized spacial score (nSPS) is 30.6. The van der Waals surface area contributed by atoms with Gasteiger partial charge in [-0.05, 0) is 32.1 Å². The molecule has 0 radical (unpaired) electrons. The Morgan fingerprint density at radius 2 is 1.80 bits per heavy atom. The molecule has 0 aliphatic heterocycles. The zero-order chi connectivity index (χ0) is 18.4. The van der Waals surface area contributed by atoms with Crippen LogP contribution in [0.3, 0.4) is 0 Å². The first kappa shape index (κ1) is 20.5. The third kappa shape index (κ3) is 6.46. The molecular weight excluding hydrogens is 403 g/mol. The van der Waals surface area contributed by atoms with Gasteiger partial charge in [0.05, 0.1) is 12.5 Å². The summed E-state index contributed by atoms with van der Waals surface area (Å²) >= 11 is 3.50. The molecule has 2 fully saturated rings. The minimum Gasteiger partial charge on any atom is -0.464 e. The van der Waals surface area contributed by atoms with Crippen LogP contribution >= 0.6 is 15.9 Å². The predicted molar refractivity (Wildman–Crippen MR) is 90.1 cm³/mol. The lowest BCUT2D eigenvalue weighted by atomic mass is 9.79. The van der Waals surface area contributed by atoms with E-state index < -0.39 is 24.0 Å². The Morgan fingerprint density at radius 1 is 1.08 bits per heavy atom. The van der Waals surface area contributed by atoms with Crippen LogP contribution in [0.15, 0.2) is 0 Å². The van der Waals surface area contributed by atoms with Crippen molar-refractivity contribution in [3.05, 3.63) is 0 Å². The Morgan fingerprint density at radius 3 is 2.48 bits per heavy atom. The molecule has 0 heterocycles. The lowest BCUT2D eigenvalue weighted by molar-refractivity contribution is -0.202. The summed E-state index contributed by atoms with van der Waals surface area (Å²) in [5.74, 6) is -3.07. The topological polar surface area (TPSA) is 55.4 Å². The van der Waals surface area contributed by atoms with Crippen LogP contribution in [0.5, 0.6) is 0 Å². The van der Waals surface area contributed by atoms with Crippen molar-refractivity contribution in [1.82, 2.24) is 5.32 Å². The molecule has 1 amide bonds. The lowest BCUT2D eigenvalue weighted by Crippen LogP contribution is -2.39. The molecule has 0 bridgehead atoms. The average molecular weight is 428 g/mol. The maximum Gasteiger partial charge on any atom is 0.392 e. The Kier molecular flexibility index (Phi) is 7.58. The molecule has 144 valence electrons. The van der Waals surface area contributed by atoms with Crippen LogP contribution in [-0.2, 0) is 14.3 Å². The van der Waals surface area contributed by atoms with Crippen LogP contribution in [0.4, 0.5) is 13.2 Å². The van der Waals surface area contributed by atoms with Crippen LogP contribution in [0.2, 0.25) is 0 Å². The summed E-state index contributed by atoms with van der Waals surface area (Å²) in [6.45, 7) is -0.516. The van der Waals surface area contributed by atoms with Crippen LogP contribution in [0.25, 0.3) is 0 Å². The van der Waals surface area contributed by atoms with Crippen molar-refractivity contribution in [2.24, 2.45) is 17.8 Å². The standard InChI is InChI=1S/C17H25BrF3NO3/c18-13-6-3-5-11(8-13)16(24)22-9-15(23)25-10-12-4-1-2-7-14(12)17(19,20)21/h11-14H,1-10H2,(H,22,24). The third-order valence-electron chi connectivity index (χ3n) is 5.18. The van der Waals surface area contributed by atoms with E-state index in [4.69, 9.17) is 4.74 Å². The first-order chi connectivity index (χ1) is 11.8. The van der Waals surface area contributed by atoms with Gasteiger partial charge in [-0.3, -0.25) is 9.59 Å². The first-order valence-electron chi connectivity index (χ1n) is 8.91. The molecule has 0 saturated heterocycles. The highest BCUT2D eigenvalue weighted by molar-refractivity contribution is 9.09. The highest BCUT2D eigenvalue weighted by Crippen LogP contribution is 2.41. The summed E-state index contributed by atoms with van der Waals surface area (Å²) < 4.78 is 44.0. The maximum absolute atomic E-state index is 13.0. The summed E-state index contributed by atoms with van der Waals surface area (Å²) in [4.78, 5) is 24.1. The van der Waals surface area contributed by atoms with E-state index in [1.54, 1.807) is 0 Å². The number of halogens is 4. The predicted octanol–water partition coefficient (Wildman–Crippen LogP) is 3.97. The number of alkyl halides is 4. The second-order valence-corrected chi connectivity index (χ2v) is 8.35. The van der Waals surface area contributed by atoms with Crippen LogP contribution in [0, 0.1) is 17.8 Å². The number of rotatable bonds is 5. The molecule has 4 nitrogen and oxygen atoms in total. The molecule has 2 aliphatic rings. The van der Waals surface area contributed by atoms with Crippen LogP contribution in [0.1, 0.15) is 51.4 Å². The zero-order valence-corrected chi connectivity index (χ0v) is 15.7. The average Bonchev–Trinajstić information content (AvgIpc) is 2.57. The Balaban J connectivity index is 1.72. The van der Waals surface area contributed by atoms with Crippen molar-refractivity contribution in [2.75, 3.05) is 13.2 Å². The monoisotopic (exact) mass is 427 g/mol. The van der Waals surface area contributed by atoms with Gasteiger partial charge in [0.1, 0.15) is 6.54 Å². The zero-order valence-electron chi connectivity index (χ0n) is 14.1. The summed E-state index contributed by atoms with van der Waals surface area (Å²) in [5.41, 5.74) is 0. The molecule has 25 heavy (non-hydrogen) atoms. The minimum atomic E-state index is -4.25. The van der Waals surface area contributed by atoms with Gasteiger partial charge in [-0.25, -0.2) is 0 Å². The molecule has 2 saturated carbocycles. The fourth-order valence-electron chi connectivity index (χ4n) is 3.76. The quantitative estimate of drug-likeness (QED) is 0.533. The Hall–Kier alpha value is -0.790.